The van der Waals surface area contributed by atoms with Gasteiger partial charge in [-0.3, -0.25) is 0 Å². The lowest BCUT2D eigenvalue weighted by atomic mass is 9.87. The van der Waals surface area contributed by atoms with E-state index in [1.54, 1.807) is 0 Å². The van der Waals surface area contributed by atoms with Gasteiger partial charge in [0, 0.05) is 17.1 Å². The second kappa shape index (κ2) is 16.2. The van der Waals surface area contributed by atoms with Gasteiger partial charge in [-0.25, -0.2) is 0 Å². The molecule has 0 aliphatic rings. The quantitative estimate of drug-likeness (QED) is 0.353. The summed E-state index contributed by atoms with van der Waals surface area (Å²) in [4.78, 5) is 3.27. The minimum Gasteiger partial charge on any atom is -0.361 e. The Morgan fingerprint density at radius 3 is 1.89 bits per heavy atom. The summed E-state index contributed by atoms with van der Waals surface area (Å²) < 4.78 is 0. The van der Waals surface area contributed by atoms with Crippen LogP contribution in [0.5, 0.6) is 0 Å². The van der Waals surface area contributed by atoms with Crippen LogP contribution >= 0.6 is 0 Å². The fraction of sp³-hybridized carbons (Fsp3) is 0.471. The van der Waals surface area contributed by atoms with Crippen LogP contribution in [0.2, 0.25) is 0 Å². The average molecular weight is 476 g/mol. The average Bonchev–Trinajstić information content (AvgIpc) is 3.21. The predicted molar refractivity (Wildman–Crippen MR) is 162 cm³/mol. The molecule has 2 aromatic carbocycles. The third-order valence-electron chi connectivity index (χ3n) is 5.02. The van der Waals surface area contributed by atoms with E-state index in [1.165, 1.54) is 40.4 Å². The predicted octanol–water partition coefficient (Wildman–Crippen LogP) is 11.1. The van der Waals surface area contributed by atoms with E-state index in [9.17, 15) is 0 Å². The van der Waals surface area contributed by atoms with Crippen molar-refractivity contribution in [2.24, 2.45) is 10.8 Å². The van der Waals surface area contributed by atoms with E-state index in [4.69, 9.17) is 0 Å². The Kier molecular flexibility index (Phi) is 15.0. The van der Waals surface area contributed by atoms with Gasteiger partial charge in [-0.1, -0.05) is 144 Å². The van der Waals surface area contributed by atoms with Crippen LogP contribution in [0.4, 0.5) is 0 Å². The molecule has 1 N–H and O–H groups in total. The monoisotopic (exact) mass is 475 g/mol. The first kappa shape index (κ1) is 32.5. The molecule has 0 amide bonds. The molecule has 194 valence electrons. The van der Waals surface area contributed by atoms with Crippen LogP contribution < -0.4 is 0 Å². The normalized spacial score (nSPS) is 11.1. The smallest absolute Gasteiger partial charge is 0.0456 e. The standard InChI is InChI=1S/C16H22.C11H13N.C5H12.C2H6/c1-6-14-9-11-15(12-10-14)8-7-13(2)16(3,4)5;1-2-5-9-8-12-11-7-4-3-6-10(9)11;1-5(2,3)4;1-2/h7-12H,2,6H2,1,3-5H3;3-4,6-8,12H,2,5H2,1H3;1-4H3;1-2H3/b8-7+;;;. The number of aromatic amines is 1. The topological polar surface area (TPSA) is 15.8 Å². The van der Waals surface area contributed by atoms with Gasteiger partial charge in [0.15, 0.2) is 0 Å². The summed E-state index contributed by atoms with van der Waals surface area (Å²) in [5, 5.41) is 1.37. The number of fused-ring (bicyclic) bond motifs is 1. The third-order valence-corrected chi connectivity index (χ3v) is 5.02. The molecule has 1 nitrogen and oxygen atoms in total. The van der Waals surface area contributed by atoms with Crippen molar-refractivity contribution < 1.29 is 0 Å². The number of aromatic nitrogens is 1. The molecule has 0 saturated heterocycles. The van der Waals surface area contributed by atoms with Crippen molar-refractivity contribution in [2.45, 2.75) is 95.4 Å². The Morgan fingerprint density at radius 1 is 0.857 bits per heavy atom. The van der Waals surface area contributed by atoms with Crippen LogP contribution in [-0.2, 0) is 12.8 Å². The van der Waals surface area contributed by atoms with Gasteiger partial charge < -0.3 is 4.98 Å². The molecule has 0 aliphatic heterocycles. The van der Waals surface area contributed by atoms with Gasteiger partial charge in [0.2, 0.25) is 0 Å². The lowest BCUT2D eigenvalue weighted by Crippen LogP contribution is -2.05. The maximum absolute atomic E-state index is 4.09. The highest BCUT2D eigenvalue weighted by Crippen LogP contribution is 2.25. The number of para-hydroxylation sites is 1. The number of aryl methyl sites for hydroxylation is 2. The van der Waals surface area contributed by atoms with Gasteiger partial charge in [0.25, 0.3) is 0 Å². The zero-order valence-electron chi connectivity index (χ0n) is 24.7. The van der Waals surface area contributed by atoms with Crippen molar-refractivity contribution in [3.05, 3.63) is 89.6 Å². The molecule has 3 aromatic rings. The first-order chi connectivity index (χ1) is 16.3. The van der Waals surface area contributed by atoms with Crippen molar-refractivity contribution in [1.82, 2.24) is 4.98 Å². The Balaban J connectivity index is 0.000000534. The zero-order valence-corrected chi connectivity index (χ0v) is 24.7. The summed E-state index contributed by atoms with van der Waals surface area (Å²) in [6, 6.07) is 17.1. The van der Waals surface area contributed by atoms with E-state index >= 15 is 0 Å². The van der Waals surface area contributed by atoms with E-state index in [0.29, 0.717) is 5.41 Å². The van der Waals surface area contributed by atoms with Crippen molar-refractivity contribution in [2.75, 3.05) is 0 Å². The molecule has 0 fully saturated rings. The minimum atomic E-state index is 0.153. The molecule has 35 heavy (non-hydrogen) atoms. The molecule has 0 atom stereocenters. The highest BCUT2D eigenvalue weighted by molar-refractivity contribution is 5.82. The van der Waals surface area contributed by atoms with E-state index in [1.807, 2.05) is 13.8 Å². The molecular weight excluding hydrogens is 422 g/mol. The van der Waals surface area contributed by atoms with E-state index < -0.39 is 0 Å². The molecular formula is C34H53N. The van der Waals surface area contributed by atoms with Gasteiger partial charge in [-0.15, -0.1) is 0 Å². The van der Waals surface area contributed by atoms with Crippen LogP contribution in [0, 0.1) is 10.8 Å². The van der Waals surface area contributed by atoms with Crippen LogP contribution in [0.25, 0.3) is 17.0 Å². The summed E-state index contributed by atoms with van der Waals surface area (Å²) in [5.41, 5.74) is 7.12. The van der Waals surface area contributed by atoms with Crippen molar-refractivity contribution in [3.8, 4) is 0 Å². The first-order valence-electron chi connectivity index (χ1n) is 13.4. The zero-order chi connectivity index (χ0) is 27.1. The maximum atomic E-state index is 4.09. The number of H-pyrrole nitrogens is 1. The molecule has 0 unspecified atom stereocenters. The summed E-state index contributed by atoms with van der Waals surface area (Å²) in [7, 11) is 0. The SMILES string of the molecule is C=C(/C=C/c1ccc(CC)cc1)C(C)(C)C.CC.CC(C)(C)C.CCCc1c[nH]c2ccccc12. The minimum absolute atomic E-state index is 0.153. The fourth-order valence-electron chi connectivity index (χ4n) is 2.92. The lowest BCUT2D eigenvalue weighted by molar-refractivity contribution is 0.469. The van der Waals surface area contributed by atoms with Crippen molar-refractivity contribution in [3.63, 3.8) is 0 Å². The Labute approximate surface area is 217 Å². The van der Waals surface area contributed by atoms with Crippen molar-refractivity contribution in [1.29, 1.82) is 0 Å². The van der Waals surface area contributed by atoms with E-state index in [2.05, 4.69) is 141 Å². The largest absolute Gasteiger partial charge is 0.361 e. The summed E-state index contributed by atoms with van der Waals surface area (Å²) in [6.45, 7) is 27.8. The number of nitrogens with one attached hydrogen (secondary N) is 1. The molecule has 1 heteroatoms. The van der Waals surface area contributed by atoms with Gasteiger partial charge in [-0.2, -0.15) is 0 Å². The summed E-state index contributed by atoms with van der Waals surface area (Å²) in [6.07, 6.45) is 9.84. The molecule has 0 saturated carbocycles. The maximum Gasteiger partial charge on any atom is 0.0456 e. The van der Waals surface area contributed by atoms with E-state index in [-0.39, 0.29) is 5.41 Å². The molecule has 0 aliphatic carbocycles. The Morgan fingerprint density at radius 2 is 1.40 bits per heavy atom. The fourth-order valence-corrected chi connectivity index (χ4v) is 2.92. The van der Waals surface area contributed by atoms with Gasteiger partial charge >= 0.3 is 0 Å². The third kappa shape index (κ3) is 14.5. The molecule has 0 bridgehead atoms. The van der Waals surface area contributed by atoms with E-state index in [0.717, 1.165) is 12.0 Å². The summed E-state index contributed by atoms with van der Waals surface area (Å²) in [5.74, 6) is 0. The number of hydrogen-bond donors (Lipinski definition) is 1. The van der Waals surface area contributed by atoms with Crippen LogP contribution in [0.1, 0.15) is 99.3 Å². The van der Waals surface area contributed by atoms with Gasteiger partial charge in [0.05, 0.1) is 0 Å². The number of hydrogen-bond acceptors (Lipinski definition) is 0. The number of rotatable bonds is 5. The Hall–Kier alpha value is -2.54. The van der Waals surface area contributed by atoms with Crippen LogP contribution in [-0.4, -0.2) is 4.98 Å². The molecule has 3 rings (SSSR count). The molecule has 1 aromatic heterocycles. The van der Waals surface area contributed by atoms with Gasteiger partial charge in [0.1, 0.15) is 0 Å². The van der Waals surface area contributed by atoms with Crippen LogP contribution in [0.3, 0.4) is 0 Å². The molecule has 0 radical (unpaired) electrons. The van der Waals surface area contributed by atoms with Crippen molar-refractivity contribution >= 4 is 17.0 Å². The first-order valence-corrected chi connectivity index (χ1v) is 13.4. The van der Waals surface area contributed by atoms with Gasteiger partial charge in [-0.05, 0) is 52.0 Å². The number of allylic oxidation sites excluding steroid dienone is 2. The lowest BCUT2D eigenvalue weighted by Gasteiger charge is -2.18. The summed E-state index contributed by atoms with van der Waals surface area (Å²) >= 11 is 0. The highest BCUT2D eigenvalue weighted by Gasteiger charge is 2.11. The number of benzene rings is 2. The second-order valence-electron chi connectivity index (χ2n) is 11.3. The Bertz CT molecular complexity index is 979. The molecule has 0 spiro atoms. The second-order valence-corrected chi connectivity index (χ2v) is 11.3. The molecule has 1 heterocycles. The van der Waals surface area contributed by atoms with Crippen LogP contribution in [0.15, 0.2) is 73.0 Å². The highest BCUT2D eigenvalue weighted by atomic mass is 14.7.